The Labute approximate surface area is 87.2 Å². The van der Waals surface area contributed by atoms with Crippen LogP contribution in [0.3, 0.4) is 0 Å². The van der Waals surface area contributed by atoms with Gasteiger partial charge in [-0.25, -0.2) is 4.39 Å². The number of benzene rings is 1. The molecule has 0 bridgehead atoms. The van der Waals surface area contributed by atoms with E-state index >= 15 is 0 Å². The summed E-state index contributed by atoms with van der Waals surface area (Å²) >= 11 is 0. The van der Waals surface area contributed by atoms with Crippen molar-refractivity contribution in [1.29, 1.82) is 0 Å². The van der Waals surface area contributed by atoms with E-state index < -0.39 is 0 Å². The smallest absolute Gasteiger partial charge is 0.269 e. The second kappa shape index (κ2) is 3.81. The molecule has 0 saturated carbocycles. The summed E-state index contributed by atoms with van der Waals surface area (Å²) in [4.78, 5) is 11.2. The van der Waals surface area contributed by atoms with Gasteiger partial charge >= 0.3 is 0 Å². The van der Waals surface area contributed by atoms with Crippen LogP contribution in [0.4, 0.5) is 4.39 Å². The van der Waals surface area contributed by atoms with Crippen LogP contribution in [0.15, 0.2) is 24.3 Å². The normalized spacial score (nSPS) is 23.2. The van der Waals surface area contributed by atoms with Gasteiger partial charge in [-0.3, -0.25) is 4.79 Å². The molecule has 1 saturated heterocycles. The SMILES string of the molecule is C[C@H]1C/[N+](=C\c2ccc(F)cc2)NC1=O. The van der Waals surface area contributed by atoms with E-state index in [2.05, 4.69) is 5.43 Å². The number of hydrazine groups is 1. The average molecular weight is 207 g/mol. The average Bonchev–Trinajstić information content (AvgIpc) is 2.50. The maximum atomic E-state index is 12.6. The standard InChI is InChI=1S/C11H11FN2O/c1-8-6-14(13-11(8)15)7-9-2-4-10(12)5-3-9/h2-5,7-8H,6H2,1H3/p+1/b14-7+/t8-/m0/s1. The molecule has 15 heavy (non-hydrogen) atoms. The summed E-state index contributed by atoms with van der Waals surface area (Å²) in [6.07, 6.45) is 1.79. The Bertz CT molecular complexity index is 411. The molecule has 0 unspecified atom stereocenters. The Morgan fingerprint density at radius 3 is 2.67 bits per heavy atom. The van der Waals surface area contributed by atoms with E-state index in [-0.39, 0.29) is 17.6 Å². The Hall–Kier alpha value is -1.71. The number of nitrogens with one attached hydrogen (secondary N) is 1. The van der Waals surface area contributed by atoms with Gasteiger partial charge in [-0.05, 0) is 31.2 Å². The van der Waals surface area contributed by atoms with Crippen LogP contribution in [0.5, 0.6) is 0 Å². The van der Waals surface area contributed by atoms with E-state index in [0.29, 0.717) is 6.54 Å². The highest BCUT2D eigenvalue weighted by molar-refractivity contribution is 5.81. The first-order valence-electron chi connectivity index (χ1n) is 4.83. The Balaban J connectivity index is 2.17. The molecule has 0 spiro atoms. The molecule has 1 aromatic carbocycles. The number of nitrogens with zero attached hydrogens (tertiary/aromatic N) is 1. The Morgan fingerprint density at radius 1 is 1.47 bits per heavy atom. The van der Waals surface area contributed by atoms with Gasteiger partial charge in [0.1, 0.15) is 11.7 Å². The lowest BCUT2D eigenvalue weighted by Gasteiger charge is -1.92. The zero-order chi connectivity index (χ0) is 10.8. The molecule has 2 rings (SSSR count). The fourth-order valence-corrected chi connectivity index (χ4v) is 1.49. The molecule has 1 aliphatic rings. The topological polar surface area (TPSA) is 32.1 Å². The van der Waals surface area contributed by atoms with E-state index in [1.807, 2.05) is 6.92 Å². The number of carbonyl (C=O) groups excluding carboxylic acids is 1. The van der Waals surface area contributed by atoms with E-state index in [1.54, 1.807) is 23.0 Å². The molecule has 1 heterocycles. The van der Waals surface area contributed by atoms with Crippen LogP contribution in [-0.4, -0.2) is 23.4 Å². The number of hydrazone groups is 1. The molecule has 3 nitrogen and oxygen atoms in total. The Kier molecular flexibility index (Phi) is 2.49. The van der Waals surface area contributed by atoms with E-state index in [4.69, 9.17) is 0 Å². The van der Waals surface area contributed by atoms with Crippen molar-refractivity contribution in [3.63, 3.8) is 0 Å². The maximum Gasteiger partial charge on any atom is 0.283 e. The lowest BCUT2D eigenvalue weighted by atomic mass is 10.2. The van der Waals surface area contributed by atoms with Crippen LogP contribution in [0, 0.1) is 11.7 Å². The van der Waals surface area contributed by atoms with Gasteiger partial charge in [0.15, 0.2) is 6.54 Å². The van der Waals surface area contributed by atoms with Crippen molar-refractivity contribution >= 4 is 12.1 Å². The molecule has 1 fully saturated rings. The minimum atomic E-state index is -0.258. The summed E-state index contributed by atoms with van der Waals surface area (Å²) in [5, 5.41) is 0. The third-order valence-corrected chi connectivity index (χ3v) is 2.35. The molecular weight excluding hydrogens is 195 g/mol. The van der Waals surface area contributed by atoms with Gasteiger partial charge in [0, 0.05) is 5.56 Å². The van der Waals surface area contributed by atoms with Gasteiger partial charge < -0.3 is 0 Å². The number of halogens is 1. The fourth-order valence-electron chi connectivity index (χ4n) is 1.49. The van der Waals surface area contributed by atoms with Gasteiger partial charge in [0.05, 0.1) is 0 Å². The highest BCUT2D eigenvalue weighted by Gasteiger charge is 2.29. The van der Waals surface area contributed by atoms with Crippen molar-refractivity contribution in [2.45, 2.75) is 6.92 Å². The molecule has 1 amide bonds. The summed E-state index contributed by atoms with van der Waals surface area (Å²) in [7, 11) is 0. The molecule has 1 N–H and O–H groups in total. The minimum Gasteiger partial charge on any atom is -0.269 e. The summed E-state index contributed by atoms with van der Waals surface area (Å²) in [6, 6.07) is 6.13. The van der Waals surface area contributed by atoms with Crippen molar-refractivity contribution in [2.75, 3.05) is 6.54 Å². The monoisotopic (exact) mass is 207 g/mol. The molecule has 0 radical (unpaired) electrons. The predicted molar refractivity (Wildman–Crippen MR) is 54.0 cm³/mol. The van der Waals surface area contributed by atoms with Crippen molar-refractivity contribution in [2.24, 2.45) is 5.92 Å². The lowest BCUT2D eigenvalue weighted by molar-refractivity contribution is -0.556. The van der Waals surface area contributed by atoms with Gasteiger partial charge in [0.25, 0.3) is 5.91 Å². The van der Waals surface area contributed by atoms with Gasteiger partial charge in [-0.1, -0.05) is 0 Å². The van der Waals surface area contributed by atoms with E-state index in [0.717, 1.165) is 5.56 Å². The van der Waals surface area contributed by atoms with Gasteiger partial charge in [0.2, 0.25) is 6.21 Å². The van der Waals surface area contributed by atoms with Crippen LogP contribution in [0.25, 0.3) is 0 Å². The number of hydrogen-bond acceptors (Lipinski definition) is 1. The summed E-state index contributed by atoms with van der Waals surface area (Å²) in [5.74, 6) is -0.235. The molecule has 1 atom stereocenters. The van der Waals surface area contributed by atoms with Gasteiger partial charge in [-0.2, -0.15) is 0 Å². The maximum absolute atomic E-state index is 12.6. The van der Waals surface area contributed by atoms with E-state index in [9.17, 15) is 9.18 Å². The molecule has 78 valence electrons. The zero-order valence-electron chi connectivity index (χ0n) is 8.40. The second-order valence-electron chi connectivity index (χ2n) is 3.71. The highest BCUT2D eigenvalue weighted by Crippen LogP contribution is 2.04. The third kappa shape index (κ3) is 2.21. The van der Waals surface area contributed by atoms with Crippen LogP contribution in [0.1, 0.15) is 12.5 Å². The first-order chi connectivity index (χ1) is 7.15. The Morgan fingerprint density at radius 2 is 2.13 bits per heavy atom. The van der Waals surface area contributed by atoms with Crippen molar-refractivity contribution in [3.05, 3.63) is 35.6 Å². The fraction of sp³-hybridized carbons (Fsp3) is 0.273. The molecule has 1 aromatic rings. The summed E-state index contributed by atoms with van der Waals surface area (Å²) in [6.45, 7) is 2.52. The van der Waals surface area contributed by atoms with Crippen LogP contribution in [0.2, 0.25) is 0 Å². The molecule has 1 aliphatic heterocycles. The van der Waals surface area contributed by atoms with Crippen molar-refractivity contribution < 1.29 is 13.9 Å². The van der Waals surface area contributed by atoms with Crippen LogP contribution < -0.4 is 5.43 Å². The molecule has 4 heteroatoms. The first kappa shape index (κ1) is 9.83. The number of rotatable bonds is 1. The van der Waals surface area contributed by atoms with E-state index in [1.165, 1.54) is 12.1 Å². The lowest BCUT2D eigenvalue weighted by Crippen LogP contribution is -2.25. The van der Waals surface area contributed by atoms with Crippen molar-refractivity contribution in [3.8, 4) is 0 Å². The number of hydrogen-bond donors (Lipinski definition) is 1. The largest absolute Gasteiger partial charge is 0.283 e. The minimum absolute atomic E-state index is 0.00157. The number of amides is 1. The molecule has 0 aliphatic carbocycles. The first-order valence-corrected chi connectivity index (χ1v) is 4.83. The van der Waals surface area contributed by atoms with Crippen LogP contribution >= 0.6 is 0 Å². The second-order valence-corrected chi connectivity index (χ2v) is 3.71. The highest BCUT2D eigenvalue weighted by atomic mass is 19.1. The molecule has 0 aromatic heterocycles. The van der Waals surface area contributed by atoms with Crippen LogP contribution in [-0.2, 0) is 4.79 Å². The summed E-state index contributed by atoms with van der Waals surface area (Å²) in [5.41, 5.74) is 3.58. The van der Waals surface area contributed by atoms with Crippen molar-refractivity contribution in [1.82, 2.24) is 5.43 Å². The summed E-state index contributed by atoms with van der Waals surface area (Å²) < 4.78 is 14.3. The molecular formula is C11H12FN2O+. The third-order valence-electron chi connectivity index (χ3n) is 2.35. The predicted octanol–water partition coefficient (Wildman–Crippen LogP) is 0.938. The quantitative estimate of drug-likeness (QED) is 0.683. The van der Waals surface area contributed by atoms with Gasteiger partial charge in [-0.15, -0.1) is 10.1 Å². The number of carbonyl (C=O) groups is 1. The zero-order valence-corrected chi connectivity index (χ0v) is 8.40.